The standard InChI is InChI=1S/C18H24O3/c1-13-3-2-8-18(12-13,17(19)20)9-6-14-4-5-16-15(11-14)7-10-21-16/h4-5,11,13H,2-3,6-10,12H2,1H3,(H,19,20). The maximum atomic E-state index is 11.8. The maximum Gasteiger partial charge on any atom is 0.309 e. The highest BCUT2D eigenvalue weighted by molar-refractivity contribution is 5.74. The fourth-order valence-electron chi connectivity index (χ4n) is 3.97. The highest BCUT2D eigenvalue weighted by Crippen LogP contribution is 2.43. The van der Waals surface area contributed by atoms with Crippen molar-refractivity contribution in [3.8, 4) is 5.75 Å². The Labute approximate surface area is 126 Å². The second-order valence-corrected chi connectivity index (χ2v) is 6.83. The van der Waals surface area contributed by atoms with Gasteiger partial charge in [0.15, 0.2) is 0 Å². The quantitative estimate of drug-likeness (QED) is 0.915. The highest BCUT2D eigenvalue weighted by Gasteiger charge is 2.41. The molecule has 114 valence electrons. The zero-order chi connectivity index (χ0) is 14.9. The fraction of sp³-hybridized carbons (Fsp3) is 0.611. The van der Waals surface area contributed by atoms with Crippen LogP contribution in [0.1, 0.15) is 50.2 Å². The van der Waals surface area contributed by atoms with Gasteiger partial charge < -0.3 is 9.84 Å². The van der Waals surface area contributed by atoms with Gasteiger partial charge in [0.2, 0.25) is 0 Å². The van der Waals surface area contributed by atoms with Gasteiger partial charge in [0.1, 0.15) is 5.75 Å². The molecule has 2 atom stereocenters. The summed E-state index contributed by atoms with van der Waals surface area (Å²) in [6.07, 6.45) is 6.47. The van der Waals surface area contributed by atoms with E-state index >= 15 is 0 Å². The number of hydrogen-bond donors (Lipinski definition) is 1. The molecule has 3 rings (SSSR count). The summed E-state index contributed by atoms with van der Waals surface area (Å²) in [5.41, 5.74) is 2.01. The van der Waals surface area contributed by atoms with E-state index in [1.165, 1.54) is 17.5 Å². The summed E-state index contributed by atoms with van der Waals surface area (Å²) in [5.74, 6) is 0.930. The molecule has 0 spiro atoms. The number of aryl methyl sites for hydroxylation is 1. The van der Waals surface area contributed by atoms with Gasteiger partial charge in [0.05, 0.1) is 12.0 Å². The van der Waals surface area contributed by atoms with Crippen LogP contribution in [0.15, 0.2) is 18.2 Å². The SMILES string of the molecule is CC1CCCC(CCc2ccc3c(c2)CCO3)(C(=O)O)C1. The Kier molecular flexibility index (Phi) is 3.92. The predicted molar refractivity (Wildman–Crippen MR) is 81.7 cm³/mol. The van der Waals surface area contributed by atoms with Crippen LogP contribution in [-0.4, -0.2) is 17.7 Å². The topological polar surface area (TPSA) is 46.5 Å². The third kappa shape index (κ3) is 2.92. The van der Waals surface area contributed by atoms with E-state index < -0.39 is 11.4 Å². The lowest BCUT2D eigenvalue weighted by Crippen LogP contribution is -2.36. The van der Waals surface area contributed by atoms with Gasteiger partial charge in [-0.3, -0.25) is 4.79 Å². The number of benzene rings is 1. The second-order valence-electron chi connectivity index (χ2n) is 6.83. The highest BCUT2D eigenvalue weighted by atomic mass is 16.5. The maximum absolute atomic E-state index is 11.8. The van der Waals surface area contributed by atoms with Gasteiger partial charge >= 0.3 is 5.97 Å². The third-order valence-electron chi connectivity index (χ3n) is 5.19. The van der Waals surface area contributed by atoms with E-state index in [1.807, 2.05) is 6.07 Å². The minimum Gasteiger partial charge on any atom is -0.493 e. The summed E-state index contributed by atoms with van der Waals surface area (Å²) in [7, 11) is 0. The zero-order valence-electron chi connectivity index (χ0n) is 12.7. The smallest absolute Gasteiger partial charge is 0.309 e. The summed E-state index contributed by atoms with van der Waals surface area (Å²) >= 11 is 0. The molecule has 1 N–H and O–H groups in total. The van der Waals surface area contributed by atoms with Crippen LogP contribution in [0.4, 0.5) is 0 Å². The fourth-order valence-corrected chi connectivity index (χ4v) is 3.97. The first-order chi connectivity index (χ1) is 10.1. The van der Waals surface area contributed by atoms with E-state index in [0.29, 0.717) is 5.92 Å². The Bertz CT molecular complexity index is 537. The number of hydrogen-bond acceptors (Lipinski definition) is 2. The molecule has 2 aliphatic rings. The van der Waals surface area contributed by atoms with Crippen molar-refractivity contribution in [2.75, 3.05) is 6.61 Å². The minimum atomic E-state index is -0.599. The molecule has 1 aliphatic heterocycles. The summed E-state index contributed by atoms with van der Waals surface area (Å²) in [5, 5.41) is 9.72. The Morgan fingerprint density at radius 1 is 1.48 bits per heavy atom. The Hall–Kier alpha value is -1.51. The lowest BCUT2D eigenvalue weighted by Gasteiger charge is -2.36. The van der Waals surface area contributed by atoms with Crippen LogP contribution in [-0.2, 0) is 17.6 Å². The molecule has 0 aromatic heterocycles. The molecule has 1 saturated carbocycles. The van der Waals surface area contributed by atoms with Crippen LogP contribution in [0.2, 0.25) is 0 Å². The van der Waals surface area contributed by atoms with Crippen LogP contribution in [0, 0.1) is 11.3 Å². The molecule has 0 amide bonds. The molecule has 2 unspecified atom stereocenters. The predicted octanol–water partition coefficient (Wildman–Crippen LogP) is 3.84. The van der Waals surface area contributed by atoms with Crippen molar-refractivity contribution < 1.29 is 14.6 Å². The molecule has 21 heavy (non-hydrogen) atoms. The molecule has 1 heterocycles. The lowest BCUT2D eigenvalue weighted by molar-refractivity contribution is -0.152. The molecule has 1 aromatic carbocycles. The molecule has 0 saturated heterocycles. The van der Waals surface area contributed by atoms with Gasteiger partial charge in [-0.05, 0) is 48.8 Å². The summed E-state index contributed by atoms with van der Waals surface area (Å²) < 4.78 is 5.53. The van der Waals surface area contributed by atoms with Crippen molar-refractivity contribution in [2.24, 2.45) is 11.3 Å². The average molecular weight is 288 g/mol. The molecular weight excluding hydrogens is 264 g/mol. The van der Waals surface area contributed by atoms with Crippen molar-refractivity contribution in [3.63, 3.8) is 0 Å². The van der Waals surface area contributed by atoms with Crippen molar-refractivity contribution in [1.82, 2.24) is 0 Å². The number of aliphatic carboxylic acids is 1. The van der Waals surface area contributed by atoms with Gasteiger partial charge in [-0.25, -0.2) is 0 Å². The first kappa shape index (κ1) is 14.4. The average Bonchev–Trinajstić information content (AvgIpc) is 2.92. The molecular formula is C18H24O3. The zero-order valence-corrected chi connectivity index (χ0v) is 12.7. The van der Waals surface area contributed by atoms with Gasteiger partial charge in [-0.15, -0.1) is 0 Å². The number of rotatable bonds is 4. The number of fused-ring (bicyclic) bond motifs is 1. The van der Waals surface area contributed by atoms with Crippen molar-refractivity contribution in [3.05, 3.63) is 29.3 Å². The van der Waals surface area contributed by atoms with Crippen LogP contribution in [0.3, 0.4) is 0 Å². The van der Waals surface area contributed by atoms with E-state index in [-0.39, 0.29) is 0 Å². The first-order valence-electron chi connectivity index (χ1n) is 8.07. The van der Waals surface area contributed by atoms with E-state index in [4.69, 9.17) is 4.74 Å². The number of carboxylic acids is 1. The monoisotopic (exact) mass is 288 g/mol. The van der Waals surface area contributed by atoms with E-state index in [1.54, 1.807) is 0 Å². The number of carbonyl (C=O) groups is 1. The van der Waals surface area contributed by atoms with Crippen molar-refractivity contribution in [2.45, 2.75) is 51.9 Å². The van der Waals surface area contributed by atoms with Crippen LogP contribution in [0.25, 0.3) is 0 Å². The molecule has 1 aliphatic carbocycles. The minimum absolute atomic E-state index is 0.507. The van der Waals surface area contributed by atoms with Crippen molar-refractivity contribution in [1.29, 1.82) is 0 Å². The largest absolute Gasteiger partial charge is 0.493 e. The van der Waals surface area contributed by atoms with Gasteiger partial charge in [0, 0.05) is 6.42 Å². The van der Waals surface area contributed by atoms with Gasteiger partial charge in [0.25, 0.3) is 0 Å². The van der Waals surface area contributed by atoms with Crippen molar-refractivity contribution >= 4 is 5.97 Å². The normalized spacial score (nSPS) is 28.0. The Morgan fingerprint density at radius 3 is 3.10 bits per heavy atom. The van der Waals surface area contributed by atoms with Crippen LogP contribution < -0.4 is 4.74 Å². The van der Waals surface area contributed by atoms with Crippen LogP contribution >= 0.6 is 0 Å². The second kappa shape index (κ2) is 5.70. The molecule has 3 heteroatoms. The number of ether oxygens (including phenoxy) is 1. The van der Waals surface area contributed by atoms with Gasteiger partial charge in [-0.1, -0.05) is 31.9 Å². The van der Waals surface area contributed by atoms with E-state index in [0.717, 1.165) is 50.9 Å². The van der Waals surface area contributed by atoms with Gasteiger partial charge in [-0.2, -0.15) is 0 Å². The summed E-state index contributed by atoms with van der Waals surface area (Å²) in [6.45, 7) is 2.96. The third-order valence-corrected chi connectivity index (χ3v) is 5.19. The molecule has 0 bridgehead atoms. The van der Waals surface area contributed by atoms with E-state index in [9.17, 15) is 9.90 Å². The molecule has 3 nitrogen and oxygen atoms in total. The molecule has 0 radical (unpaired) electrons. The summed E-state index contributed by atoms with van der Waals surface area (Å²) in [6, 6.07) is 6.32. The number of carboxylic acid groups (broad SMARTS) is 1. The summed E-state index contributed by atoms with van der Waals surface area (Å²) in [4.78, 5) is 11.8. The van der Waals surface area contributed by atoms with Crippen LogP contribution in [0.5, 0.6) is 5.75 Å². The Morgan fingerprint density at radius 2 is 2.33 bits per heavy atom. The molecule has 1 aromatic rings. The first-order valence-corrected chi connectivity index (χ1v) is 8.07. The molecule has 1 fully saturated rings. The van der Waals surface area contributed by atoms with E-state index in [2.05, 4.69) is 19.1 Å². The lowest BCUT2D eigenvalue weighted by atomic mass is 9.67. The Balaban J connectivity index is 1.71.